The van der Waals surface area contributed by atoms with Crippen molar-refractivity contribution in [1.29, 1.82) is 0 Å². The maximum atomic E-state index is 10.0. The number of piperidine rings is 1. The molecule has 0 bridgehead atoms. The fourth-order valence-electron chi connectivity index (χ4n) is 2.80. The van der Waals surface area contributed by atoms with Gasteiger partial charge in [0.15, 0.2) is 5.76 Å². The Balaban J connectivity index is 1.74. The Morgan fingerprint density at radius 1 is 1.33 bits per heavy atom. The van der Waals surface area contributed by atoms with Crippen molar-refractivity contribution in [2.45, 2.75) is 32.4 Å². The SMILES string of the molecule is CC1CCN(C(C)c2ncc(-c3ccccc3)o2)CC1O. The number of nitrogens with zero attached hydrogens (tertiary/aromatic N) is 2. The molecule has 0 amide bonds. The molecule has 0 spiro atoms. The number of aliphatic hydroxyl groups is 1. The molecule has 3 atom stereocenters. The molecule has 3 unspecified atom stereocenters. The normalized spacial score (nSPS) is 24.9. The van der Waals surface area contributed by atoms with Crippen molar-refractivity contribution in [3.63, 3.8) is 0 Å². The van der Waals surface area contributed by atoms with E-state index >= 15 is 0 Å². The third-order valence-electron chi connectivity index (χ3n) is 4.44. The molecule has 2 aromatic rings. The minimum Gasteiger partial charge on any atom is -0.439 e. The van der Waals surface area contributed by atoms with Crippen molar-refractivity contribution in [2.75, 3.05) is 13.1 Å². The van der Waals surface area contributed by atoms with Crippen LogP contribution in [0.5, 0.6) is 0 Å². The van der Waals surface area contributed by atoms with E-state index in [4.69, 9.17) is 4.42 Å². The molecule has 1 aromatic carbocycles. The summed E-state index contributed by atoms with van der Waals surface area (Å²) >= 11 is 0. The number of hydrogen-bond donors (Lipinski definition) is 1. The molecule has 1 aliphatic rings. The molecule has 2 heterocycles. The first-order valence-corrected chi connectivity index (χ1v) is 7.58. The van der Waals surface area contributed by atoms with Crippen LogP contribution in [0.15, 0.2) is 40.9 Å². The lowest BCUT2D eigenvalue weighted by molar-refractivity contribution is 0.00822. The summed E-state index contributed by atoms with van der Waals surface area (Å²) in [6.07, 6.45) is 2.53. The van der Waals surface area contributed by atoms with E-state index in [0.717, 1.165) is 30.2 Å². The van der Waals surface area contributed by atoms with E-state index in [-0.39, 0.29) is 12.1 Å². The highest BCUT2D eigenvalue weighted by Crippen LogP contribution is 2.28. The maximum absolute atomic E-state index is 10.0. The first-order valence-electron chi connectivity index (χ1n) is 7.58. The Morgan fingerprint density at radius 3 is 2.81 bits per heavy atom. The Kier molecular flexibility index (Phi) is 4.08. The molecule has 0 radical (unpaired) electrons. The molecule has 1 saturated heterocycles. The van der Waals surface area contributed by atoms with Gasteiger partial charge in [-0.15, -0.1) is 0 Å². The summed E-state index contributed by atoms with van der Waals surface area (Å²) in [5, 5.41) is 10.0. The average molecular weight is 286 g/mol. The molecule has 1 aromatic heterocycles. The lowest BCUT2D eigenvalue weighted by Gasteiger charge is -2.36. The summed E-state index contributed by atoms with van der Waals surface area (Å²) in [6.45, 7) is 5.85. The van der Waals surface area contributed by atoms with Crippen molar-refractivity contribution in [2.24, 2.45) is 5.92 Å². The van der Waals surface area contributed by atoms with Crippen LogP contribution in [-0.4, -0.2) is 34.2 Å². The van der Waals surface area contributed by atoms with Crippen LogP contribution in [0.3, 0.4) is 0 Å². The number of benzene rings is 1. The Labute approximate surface area is 125 Å². The molecule has 4 heteroatoms. The van der Waals surface area contributed by atoms with E-state index in [1.807, 2.05) is 30.3 Å². The van der Waals surface area contributed by atoms with Crippen molar-refractivity contribution < 1.29 is 9.52 Å². The van der Waals surface area contributed by atoms with Crippen LogP contribution in [-0.2, 0) is 0 Å². The summed E-state index contributed by atoms with van der Waals surface area (Å²) in [5.41, 5.74) is 1.04. The smallest absolute Gasteiger partial charge is 0.211 e. The van der Waals surface area contributed by atoms with Crippen LogP contribution < -0.4 is 0 Å². The van der Waals surface area contributed by atoms with Gasteiger partial charge in [-0.25, -0.2) is 4.98 Å². The minimum absolute atomic E-state index is 0.0876. The second-order valence-corrected chi connectivity index (χ2v) is 5.93. The van der Waals surface area contributed by atoms with Gasteiger partial charge in [0.25, 0.3) is 0 Å². The number of aromatic nitrogens is 1. The van der Waals surface area contributed by atoms with Crippen LogP contribution in [0.1, 0.15) is 32.2 Å². The topological polar surface area (TPSA) is 49.5 Å². The molecule has 1 fully saturated rings. The van der Waals surface area contributed by atoms with Gasteiger partial charge in [-0.05, 0) is 25.8 Å². The van der Waals surface area contributed by atoms with E-state index in [1.54, 1.807) is 6.20 Å². The number of aliphatic hydroxyl groups excluding tert-OH is 1. The molecule has 3 rings (SSSR count). The summed E-state index contributed by atoms with van der Waals surface area (Å²) in [4.78, 5) is 6.66. The highest BCUT2D eigenvalue weighted by atomic mass is 16.4. The van der Waals surface area contributed by atoms with Gasteiger partial charge >= 0.3 is 0 Å². The monoisotopic (exact) mass is 286 g/mol. The predicted octanol–water partition coefficient (Wildman–Crippen LogP) is 3.11. The van der Waals surface area contributed by atoms with Gasteiger partial charge in [0, 0.05) is 12.1 Å². The number of hydrogen-bond acceptors (Lipinski definition) is 4. The van der Waals surface area contributed by atoms with Crippen molar-refractivity contribution in [3.05, 3.63) is 42.4 Å². The maximum Gasteiger partial charge on any atom is 0.211 e. The second kappa shape index (κ2) is 6.00. The molecular weight excluding hydrogens is 264 g/mol. The summed E-state index contributed by atoms with van der Waals surface area (Å²) in [7, 11) is 0. The van der Waals surface area contributed by atoms with Crippen molar-refractivity contribution in [3.8, 4) is 11.3 Å². The Hall–Kier alpha value is -1.65. The molecule has 21 heavy (non-hydrogen) atoms. The molecule has 112 valence electrons. The van der Waals surface area contributed by atoms with Gasteiger partial charge in [0.1, 0.15) is 0 Å². The zero-order valence-corrected chi connectivity index (χ0v) is 12.6. The number of rotatable bonds is 3. The summed E-state index contributed by atoms with van der Waals surface area (Å²) < 4.78 is 5.91. The molecule has 4 nitrogen and oxygen atoms in total. The van der Waals surface area contributed by atoms with Crippen LogP contribution in [0.25, 0.3) is 11.3 Å². The molecule has 1 aliphatic heterocycles. The minimum atomic E-state index is -0.259. The van der Waals surface area contributed by atoms with Gasteiger partial charge in [-0.1, -0.05) is 37.3 Å². The van der Waals surface area contributed by atoms with Crippen LogP contribution in [0.4, 0.5) is 0 Å². The molecular formula is C17H22N2O2. The van der Waals surface area contributed by atoms with Gasteiger partial charge < -0.3 is 9.52 Å². The number of likely N-dealkylation sites (tertiary alicyclic amines) is 1. The van der Waals surface area contributed by atoms with Gasteiger partial charge in [-0.2, -0.15) is 0 Å². The van der Waals surface area contributed by atoms with Crippen molar-refractivity contribution in [1.82, 2.24) is 9.88 Å². The first-order chi connectivity index (χ1) is 10.1. The fraction of sp³-hybridized carbons (Fsp3) is 0.471. The van der Waals surface area contributed by atoms with E-state index in [2.05, 4.69) is 23.7 Å². The highest BCUT2D eigenvalue weighted by Gasteiger charge is 2.29. The van der Waals surface area contributed by atoms with E-state index in [0.29, 0.717) is 12.5 Å². The zero-order chi connectivity index (χ0) is 14.8. The first kappa shape index (κ1) is 14.3. The standard InChI is InChI=1S/C17H22N2O2/c1-12-8-9-19(11-15(12)20)13(2)17-18-10-16(21-17)14-6-4-3-5-7-14/h3-7,10,12-13,15,20H,8-9,11H2,1-2H3. The van der Waals surface area contributed by atoms with E-state index < -0.39 is 0 Å². The lowest BCUT2D eigenvalue weighted by atomic mass is 9.95. The summed E-state index contributed by atoms with van der Waals surface area (Å²) in [5.74, 6) is 1.89. The third kappa shape index (κ3) is 3.01. The Bertz CT molecular complexity index is 581. The highest BCUT2D eigenvalue weighted by molar-refractivity contribution is 5.55. The molecule has 0 aliphatic carbocycles. The Morgan fingerprint density at radius 2 is 2.10 bits per heavy atom. The van der Waals surface area contributed by atoms with Crippen molar-refractivity contribution >= 4 is 0 Å². The van der Waals surface area contributed by atoms with Crippen LogP contribution >= 0.6 is 0 Å². The fourth-order valence-corrected chi connectivity index (χ4v) is 2.80. The quantitative estimate of drug-likeness (QED) is 0.942. The van der Waals surface area contributed by atoms with Crippen LogP contribution in [0.2, 0.25) is 0 Å². The lowest BCUT2D eigenvalue weighted by Crippen LogP contribution is -2.43. The van der Waals surface area contributed by atoms with Gasteiger partial charge in [0.2, 0.25) is 5.89 Å². The van der Waals surface area contributed by atoms with Crippen LogP contribution in [0, 0.1) is 5.92 Å². The predicted molar refractivity (Wildman–Crippen MR) is 81.7 cm³/mol. The van der Waals surface area contributed by atoms with Gasteiger partial charge in [0.05, 0.1) is 18.3 Å². The largest absolute Gasteiger partial charge is 0.439 e. The number of β-amino-alcohol motifs (C(OH)–C–C–N with tert-alkyl or cyclic N) is 1. The summed E-state index contributed by atoms with van der Waals surface area (Å²) in [6, 6.07) is 10.1. The number of oxazole rings is 1. The average Bonchev–Trinajstić information content (AvgIpc) is 3.00. The second-order valence-electron chi connectivity index (χ2n) is 5.93. The van der Waals surface area contributed by atoms with E-state index in [1.165, 1.54) is 0 Å². The molecule has 1 N–H and O–H groups in total. The third-order valence-corrected chi connectivity index (χ3v) is 4.44. The van der Waals surface area contributed by atoms with E-state index in [9.17, 15) is 5.11 Å². The molecule has 0 saturated carbocycles. The zero-order valence-electron chi connectivity index (χ0n) is 12.6. The van der Waals surface area contributed by atoms with Gasteiger partial charge in [-0.3, -0.25) is 4.90 Å².